The summed E-state index contributed by atoms with van der Waals surface area (Å²) in [5.41, 5.74) is 0. The molecule has 0 aliphatic rings. The van der Waals surface area contributed by atoms with Gasteiger partial charge in [-0.15, -0.1) is 0 Å². The van der Waals surface area contributed by atoms with Crippen LogP contribution in [0.3, 0.4) is 0 Å². The zero-order valence-corrected chi connectivity index (χ0v) is 6.89. The number of ketones is 1. The second-order valence-corrected chi connectivity index (χ2v) is 3.16. The summed E-state index contributed by atoms with van der Waals surface area (Å²) in [6, 6.07) is 0. The van der Waals surface area contributed by atoms with Gasteiger partial charge in [-0.25, -0.2) is 9.13 Å². The third-order valence-electron chi connectivity index (χ3n) is 1.19. The minimum atomic E-state index is -2.29. The Bertz CT molecular complexity index is 164. The van der Waals surface area contributed by atoms with Crippen LogP contribution in [0.25, 0.3) is 0 Å². The smallest absolute Gasteiger partial charge is 0.300 e. The van der Waals surface area contributed by atoms with Crippen molar-refractivity contribution in [3.05, 3.63) is 0 Å². The average Bonchev–Trinajstić information content (AvgIpc) is 1.87. The van der Waals surface area contributed by atoms with Gasteiger partial charge in [0, 0.05) is 12.8 Å². The van der Waals surface area contributed by atoms with E-state index in [1.807, 2.05) is 0 Å². The van der Waals surface area contributed by atoms with Crippen molar-refractivity contribution < 1.29 is 13.9 Å². The van der Waals surface area contributed by atoms with Crippen molar-refractivity contribution in [2.24, 2.45) is 0 Å². The van der Waals surface area contributed by atoms with Crippen LogP contribution in [0, 0.1) is 0 Å². The largest absolute Gasteiger partial charge is 0.315 e. The van der Waals surface area contributed by atoms with E-state index in [0.29, 0.717) is 19.3 Å². The molecule has 0 fully saturated rings. The molecule has 3 nitrogen and oxygen atoms in total. The first-order valence-electron chi connectivity index (χ1n) is 3.30. The maximum absolute atomic E-state index is 10.6. The Hall–Kier alpha value is -0.430. The molecule has 0 spiro atoms. The highest BCUT2D eigenvalue weighted by Gasteiger charge is 1.98. The summed E-state index contributed by atoms with van der Waals surface area (Å²) in [5, 5.41) is 0. The molecule has 0 aromatic heterocycles. The Morgan fingerprint density at radius 1 is 1.40 bits per heavy atom. The Morgan fingerprint density at radius 3 is 2.40 bits per heavy atom. The molecule has 0 amide bonds. The van der Waals surface area contributed by atoms with E-state index in [1.54, 1.807) is 6.92 Å². The molecular weight excluding hydrogens is 151 g/mol. The third-order valence-corrected chi connectivity index (χ3v) is 1.87. The van der Waals surface area contributed by atoms with E-state index in [2.05, 4.69) is 0 Å². The number of carbonyl (C=O) groups excluding carboxylic acids is 1. The Balaban J connectivity index is 3.28. The highest BCUT2D eigenvalue weighted by Crippen LogP contribution is 2.07. The molecule has 0 aliphatic carbocycles. The van der Waals surface area contributed by atoms with Gasteiger partial charge < -0.3 is 0 Å². The molecule has 0 aromatic carbocycles. The van der Waals surface area contributed by atoms with E-state index in [0.717, 1.165) is 0 Å². The lowest BCUT2D eigenvalue weighted by molar-refractivity contribution is -0.118. The highest BCUT2D eigenvalue weighted by molar-refractivity contribution is 7.30. The number of rotatable bonds is 5. The van der Waals surface area contributed by atoms with Gasteiger partial charge in [0.2, 0.25) is 0 Å². The minimum Gasteiger partial charge on any atom is -0.300 e. The van der Waals surface area contributed by atoms with Crippen LogP contribution in [0.2, 0.25) is 0 Å². The zero-order valence-electron chi connectivity index (χ0n) is 6.00. The van der Waals surface area contributed by atoms with E-state index >= 15 is 0 Å². The molecule has 0 radical (unpaired) electrons. The maximum atomic E-state index is 10.6. The van der Waals surface area contributed by atoms with Crippen molar-refractivity contribution in [2.75, 3.05) is 6.16 Å². The number of Topliss-reactive ketones (excluding diaryl/α,β-unsaturated/α-hetero) is 1. The molecule has 58 valence electrons. The lowest BCUT2D eigenvalue weighted by Gasteiger charge is -1.90. The summed E-state index contributed by atoms with van der Waals surface area (Å²) in [4.78, 5) is 10.6. The lowest BCUT2D eigenvalue weighted by atomic mass is 10.2. The van der Waals surface area contributed by atoms with Crippen LogP contribution >= 0.6 is 7.68 Å². The molecule has 10 heavy (non-hydrogen) atoms. The van der Waals surface area contributed by atoms with E-state index < -0.39 is 7.68 Å². The number of carbonyl (C=O) groups is 1. The topological polar surface area (TPSA) is 51.2 Å². The second-order valence-electron chi connectivity index (χ2n) is 2.05. The summed E-state index contributed by atoms with van der Waals surface area (Å²) in [6.07, 6.45) is 1.53. The third kappa shape index (κ3) is 5.70. The van der Waals surface area contributed by atoms with Gasteiger partial charge in [-0.1, -0.05) is 6.92 Å². The van der Waals surface area contributed by atoms with Crippen LogP contribution in [0.15, 0.2) is 0 Å². The highest BCUT2D eigenvalue weighted by atomic mass is 31.1. The van der Waals surface area contributed by atoms with E-state index in [4.69, 9.17) is 0 Å². The quantitative estimate of drug-likeness (QED) is 0.580. The first-order chi connectivity index (χ1) is 4.66. The zero-order chi connectivity index (χ0) is 7.98. The monoisotopic (exact) mass is 162 g/mol. The van der Waals surface area contributed by atoms with Gasteiger partial charge in [0.1, 0.15) is 5.78 Å². The number of hydrogen-bond acceptors (Lipinski definition) is 3. The molecule has 0 N–H and O–H groups in total. The Kier molecular flexibility index (Phi) is 5.13. The van der Waals surface area contributed by atoms with Gasteiger partial charge in [0.15, 0.2) is 0 Å². The van der Waals surface area contributed by atoms with Crippen LogP contribution in [0.5, 0.6) is 0 Å². The fourth-order valence-corrected chi connectivity index (χ4v) is 0.998. The molecule has 4 heteroatoms. The standard InChI is InChI=1S/C6H11O3P/c1-2-6(7)4-3-5-10(8)9/h2-5H2,1H3. The van der Waals surface area contributed by atoms with Crippen molar-refractivity contribution in [3.8, 4) is 0 Å². The first kappa shape index (κ1) is 9.57. The van der Waals surface area contributed by atoms with Crippen molar-refractivity contribution in [3.63, 3.8) is 0 Å². The van der Waals surface area contributed by atoms with Gasteiger partial charge >= 0.3 is 7.68 Å². The average molecular weight is 162 g/mol. The molecule has 0 rings (SSSR count). The van der Waals surface area contributed by atoms with Crippen molar-refractivity contribution in [1.29, 1.82) is 0 Å². The van der Waals surface area contributed by atoms with Gasteiger partial charge in [-0.2, -0.15) is 0 Å². The van der Waals surface area contributed by atoms with Crippen molar-refractivity contribution in [1.82, 2.24) is 0 Å². The molecule has 0 aromatic rings. The van der Waals surface area contributed by atoms with Crippen LogP contribution in [-0.4, -0.2) is 11.9 Å². The molecule has 0 bridgehead atoms. The summed E-state index contributed by atoms with van der Waals surface area (Å²) >= 11 is 0. The van der Waals surface area contributed by atoms with Gasteiger partial charge in [-0.3, -0.25) is 4.79 Å². The van der Waals surface area contributed by atoms with Crippen molar-refractivity contribution >= 4 is 13.5 Å². The van der Waals surface area contributed by atoms with Crippen molar-refractivity contribution in [2.45, 2.75) is 26.2 Å². The summed E-state index contributed by atoms with van der Waals surface area (Å²) < 4.78 is 20.0. The van der Waals surface area contributed by atoms with E-state index in [-0.39, 0.29) is 11.9 Å². The minimum absolute atomic E-state index is 0.136. The van der Waals surface area contributed by atoms with Gasteiger partial charge in [-0.05, 0) is 6.42 Å². The molecule has 0 saturated heterocycles. The molecule has 0 aliphatic heterocycles. The van der Waals surface area contributed by atoms with Crippen LogP contribution < -0.4 is 0 Å². The number of hydrogen-bond donors (Lipinski definition) is 0. The molecule has 0 unspecified atom stereocenters. The SMILES string of the molecule is CCC(=O)CCCP(=O)=O. The predicted molar refractivity (Wildman–Crippen MR) is 37.7 cm³/mol. The van der Waals surface area contributed by atoms with Crippen LogP contribution in [0.1, 0.15) is 26.2 Å². The normalized spacial score (nSPS) is 9.30. The second kappa shape index (κ2) is 5.36. The predicted octanol–water partition coefficient (Wildman–Crippen LogP) is 1.92. The van der Waals surface area contributed by atoms with E-state index in [1.165, 1.54) is 0 Å². The Labute approximate surface area is 60.6 Å². The fourth-order valence-electron chi connectivity index (χ4n) is 0.582. The van der Waals surface area contributed by atoms with Crippen LogP contribution in [-0.2, 0) is 13.9 Å². The Morgan fingerprint density at radius 2 is 2.00 bits per heavy atom. The molecule has 0 atom stereocenters. The fraction of sp³-hybridized carbons (Fsp3) is 0.833. The molecule has 0 saturated carbocycles. The summed E-state index contributed by atoms with van der Waals surface area (Å²) in [6.45, 7) is 1.78. The first-order valence-corrected chi connectivity index (χ1v) is 4.66. The summed E-state index contributed by atoms with van der Waals surface area (Å²) in [5.74, 6) is 0.136. The lowest BCUT2D eigenvalue weighted by Crippen LogP contribution is -1.94. The molecular formula is C6H11O3P. The molecule has 0 heterocycles. The maximum Gasteiger partial charge on any atom is 0.315 e. The van der Waals surface area contributed by atoms with E-state index in [9.17, 15) is 13.9 Å². The summed E-state index contributed by atoms with van der Waals surface area (Å²) in [7, 11) is -2.29. The van der Waals surface area contributed by atoms with Crippen LogP contribution in [0.4, 0.5) is 0 Å². The van der Waals surface area contributed by atoms with Gasteiger partial charge in [0.25, 0.3) is 0 Å². The van der Waals surface area contributed by atoms with Gasteiger partial charge in [0.05, 0.1) is 6.16 Å².